The van der Waals surface area contributed by atoms with Crippen molar-refractivity contribution in [2.45, 2.75) is 138 Å². The number of rotatable bonds is 4. The lowest BCUT2D eigenvalue weighted by Gasteiger charge is -2.11. The van der Waals surface area contributed by atoms with Crippen molar-refractivity contribution < 1.29 is 18.3 Å². The van der Waals surface area contributed by atoms with Gasteiger partial charge < -0.3 is 0 Å². The predicted molar refractivity (Wildman–Crippen MR) is 409 cm³/mol. The van der Waals surface area contributed by atoms with E-state index >= 15 is 0 Å². The van der Waals surface area contributed by atoms with Crippen molar-refractivity contribution in [3.05, 3.63) is 278 Å². The zero-order valence-electron chi connectivity index (χ0n) is 61.0. The van der Waals surface area contributed by atoms with Crippen molar-refractivity contribution in [3.8, 4) is 45.0 Å². The Hall–Kier alpha value is -9.12. The van der Waals surface area contributed by atoms with Gasteiger partial charge in [-0.3, -0.25) is 0 Å². The normalized spacial score (nSPS) is 9.52. The standard InChI is InChI=1S/C21H18N.3C17H16N.8C2H6/c1-15-10-12-18-17-8-4-3-7-16(17)11-13-19(18)21(15)20-9-5-6-14-22(20)2;1-13-15-8-4-3-7-14(15)10-11-16(13)17-9-5-6-12-18(17)2;1-13-10-11-14-7-3-4-8-15(14)17(13)16-9-5-6-12-18(16)2;1-13-11-14-7-3-4-8-15(14)12-16(13)17-9-5-6-10-18(17)2;8*1-2/h3-14H,1-2H3;3*3-12H,1-2H3;8*1-2H3/q4*+1;;;;;;;;. The number of aromatic nitrogens is 4. The van der Waals surface area contributed by atoms with E-state index in [-0.39, 0.29) is 0 Å². The molecule has 0 saturated carbocycles. The molecule has 4 heterocycles. The quantitative estimate of drug-likeness (QED) is 0.123. The van der Waals surface area contributed by atoms with Gasteiger partial charge in [0.2, 0.25) is 22.8 Å². The molecule has 4 heteroatoms. The molecule has 0 spiro atoms. The van der Waals surface area contributed by atoms with Crippen LogP contribution in [0.2, 0.25) is 0 Å². The Kier molecular flexibility index (Phi) is 37.4. The lowest BCUT2D eigenvalue weighted by Crippen LogP contribution is -2.30. The van der Waals surface area contributed by atoms with Crippen LogP contribution >= 0.6 is 0 Å². The summed E-state index contributed by atoms with van der Waals surface area (Å²) in [5.41, 5.74) is 15.6. The van der Waals surface area contributed by atoms with Crippen molar-refractivity contribution in [3.63, 3.8) is 0 Å². The lowest BCUT2D eigenvalue weighted by molar-refractivity contribution is -0.660. The summed E-state index contributed by atoms with van der Waals surface area (Å²) < 4.78 is 8.69. The molecular formula is C88H114N4+4. The predicted octanol–water partition coefficient (Wildman–Crippen LogP) is 23.9. The van der Waals surface area contributed by atoms with Crippen molar-refractivity contribution in [1.29, 1.82) is 0 Å². The summed E-state index contributed by atoms with van der Waals surface area (Å²) in [5.74, 6) is 0. The van der Waals surface area contributed by atoms with Crippen LogP contribution < -0.4 is 18.3 Å². The summed E-state index contributed by atoms with van der Waals surface area (Å²) in [6.45, 7) is 40.7. The molecule has 0 aliphatic carbocycles. The van der Waals surface area contributed by atoms with E-state index in [1.165, 1.54) is 121 Å². The SMILES string of the molecule is CC.CC.CC.CC.CC.CC.CC.CC.Cc1c(-c2cccc[n+]2C)ccc2ccccc12.Cc1cc2ccccc2cc1-c1cccc[n+]1C.Cc1ccc2c(ccc3ccccc32)c1-c1cccc[n+]1C.Cc1ccc2ccccc2c1-c1cccc[n+]1C. The minimum absolute atomic E-state index is 1.25. The average molecular weight is 1230 g/mol. The van der Waals surface area contributed by atoms with Crippen LogP contribution in [0.1, 0.15) is 133 Å². The number of nitrogens with zero attached hydrogens (tertiary/aromatic N) is 4. The Morgan fingerprint density at radius 3 is 0.967 bits per heavy atom. The molecule has 0 amide bonds. The number of hydrogen-bond donors (Lipinski definition) is 0. The maximum Gasteiger partial charge on any atom is 0.213 e. The highest BCUT2D eigenvalue weighted by Crippen LogP contribution is 2.35. The van der Waals surface area contributed by atoms with E-state index in [1.807, 2.05) is 111 Å². The number of benzene rings is 9. The monoisotopic (exact) mass is 1230 g/mol. The van der Waals surface area contributed by atoms with Gasteiger partial charge in [0.15, 0.2) is 24.8 Å². The van der Waals surface area contributed by atoms with Gasteiger partial charge in [-0.25, -0.2) is 18.3 Å². The van der Waals surface area contributed by atoms with Gasteiger partial charge in [-0.15, -0.1) is 0 Å². The van der Waals surface area contributed by atoms with Crippen LogP contribution in [0.4, 0.5) is 0 Å². The molecular weight excluding hydrogens is 1110 g/mol. The van der Waals surface area contributed by atoms with Gasteiger partial charge in [0.05, 0.1) is 11.1 Å². The third-order valence-corrected chi connectivity index (χ3v) is 14.8. The van der Waals surface area contributed by atoms with Crippen molar-refractivity contribution in [2.24, 2.45) is 28.2 Å². The van der Waals surface area contributed by atoms with Crippen LogP contribution in [-0.4, -0.2) is 0 Å². The van der Waals surface area contributed by atoms with Crippen molar-refractivity contribution >= 4 is 53.9 Å². The third-order valence-electron chi connectivity index (χ3n) is 14.8. The van der Waals surface area contributed by atoms with Gasteiger partial charge >= 0.3 is 0 Å². The van der Waals surface area contributed by atoms with Crippen LogP contribution in [0.25, 0.3) is 98.9 Å². The maximum atomic E-state index is 2.28. The van der Waals surface area contributed by atoms with Gasteiger partial charge in [-0.05, 0) is 140 Å². The molecule has 9 aromatic carbocycles. The Labute approximate surface area is 558 Å². The Balaban J connectivity index is 0.000000390. The van der Waals surface area contributed by atoms with E-state index in [0.717, 1.165) is 0 Å². The van der Waals surface area contributed by atoms with E-state index in [9.17, 15) is 0 Å². The molecule has 0 N–H and O–H groups in total. The maximum absolute atomic E-state index is 2.28. The molecule has 482 valence electrons. The second kappa shape index (κ2) is 43.6. The van der Waals surface area contributed by atoms with E-state index in [4.69, 9.17) is 0 Å². The molecule has 0 atom stereocenters. The first-order chi connectivity index (χ1) is 45.0. The second-order valence-corrected chi connectivity index (χ2v) is 19.9. The van der Waals surface area contributed by atoms with E-state index < -0.39 is 0 Å². The Morgan fingerprint density at radius 1 is 0.207 bits per heavy atom. The number of aryl methyl sites for hydroxylation is 8. The highest BCUT2D eigenvalue weighted by atomic mass is 14.9. The molecule has 0 bridgehead atoms. The summed E-state index contributed by atoms with van der Waals surface area (Å²) in [6, 6.07) is 81.8. The van der Waals surface area contributed by atoms with Gasteiger partial charge in [0.1, 0.15) is 28.2 Å². The van der Waals surface area contributed by atoms with Crippen molar-refractivity contribution in [1.82, 2.24) is 0 Å². The molecule has 0 aliphatic heterocycles. The van der Waals surface area contributed by atoms with Crippen LogP contribution in [0, 0.1) is 27.7 Å². The molecule has 4 aromatic heterocycles. The molecule has 0 aliphatic rings. The minimum Gasteiger partial charge on any atom is -0.201 e. The fraction of sp³-hybridized carbons (Fsp3) is 0.273. The fourth-order valence-electron chi connectivity index (χ4n) is 10.8. The Bertz CT molecular complexity index is 4170. The van der Waals surface area contributed by atoms with Gasteiger partial charge in [-0.1, -0.05) is 256 Å². The molecule has 4 nitrogen and oxygen atoms in total. The number of fused-ring (bicyclic) bond motifs is 6. The van der Waals surface area contributed by atoms with Crippen LogP contribution in [-0.2, 0) is 28.2 Å². The highest BCUT2D eigenvalue weighted by Gasteiger charge is 2.18. The third kappa shape index (κ3) is 20.4. The average Bonchev–Trinajstić information content (AvgIpc) is 0.883. The summed E-state index contributed by atoms with van der Waals surface area (Å²) in [4.78, 5) is 0. The van der Waals surface area contributed by atoms with Gasteiger partial charge in [0, 0.05) is 59.7 Å². The minimum atomic E-state index is 1.25. The van der Waals surface area contributed by atoms with Crippen molar-refractivity contribution in [2.75, 3.05) is 0 Å². The summed E-state index contributed by atoms with van der Waals surface area (Å²) in [6.07, 6.45) is 8.37. The fourth-order valence-corrected chi connectivity index (χ4v) is 10.8. The van der Waals surface area contributed by atoms with Crippen LogP contribution in [0.5, 0.6) is 0 Å². The van der Waals surface area contributed by atoms with Gasteiger partial charge in [-0.2, -0.15) is 0 Å². The Morgan fingerprint density at radius 2 is 0.511 bits per heavy atom. The first-order valence-corrected chi connectivity index (χ1v) is 34.2. The summed E-state index contributed by atoms with van der Waals surface area (Å²) in [5, 5.41) is 13.1. The zero-order chi connectivity index (χ0) is 68.7. The van der Waals surface area contributed by atoms with E-state index in [2.05, 4.69) is 329 Å². The molecule has 13 aromatic rings. The molecule has 0 fully saturated rings. The highest BCUT2D eigenvalue weighted by molar-refractivity contribution is 6.12. The van der Waals surface area contributed by atoms with Crippen LogP contribution in [0.15, 0.2) is 255 Å². The smallest absolute Gasteiger partial charge is 0.201 e. The first-order valence-electron chi connectivity index (χ1n) is 34.2. The molecule has 0 unspecified atom stereocenters. The second-order valence-electron chi connectivity index (χ2n) is 19.9. The molecule has 0 radical (unpaired) electrons. The molecule has 92 heavy (non-hydrogen) atoms. The summed E-state index contributed by atoms with van der Waals surface area (Å²) in [7, 11) is 8.37. The zero-order valence-corrected chi connectivity index (χ0v) is 61.0. The van der Waals surface area contributed by atoms with Gasteiger partial charge in [0.25, 0.3) is 0 Å². The topological polar surface area (TPSA) is 15.5 Å². The first kappa shape index (κ1) is 79.0. The van der Waals surface area contributed by atoms with E-state index in [1.54, 1.807) is 0 Å². The van der Waals surface area contributed by atoms with E-state index in [0.29, 0.717) is 0 Å². The van der Waals surface area contributed by atoms with Crippen LogP contribution in [0.3, 0.4) is 0 Å². The molecule has 0 saturated heterocycles. The summed E-state index contributed by atoms with van der Waals surface area (Å²) >= 11 is 0. The number of hydrogen-bond acceptors (Lipinski definition) is 0. The lowest BCUT2D eigenvalue weighted by atomic mass is 9.93. The largest absolute Gasteiger partial charge is 0.213 e. The number of pyridine rings is 4. The molecule has 13 rings (SSSR count).